The molecule has 2 saturated heterocycles. The maximum absolute atomic E-state index is 13.6. The quantitative estimate of drug-likeness (QED) is 0.102. The zero-order valence-electron chi connectivity index (χ0n) is 48.5. The van der Waals surface area contributed by atoms with Crippen LogP contribution >= 0.6 is 0 Å². The Labute approximate surface area is 476 Å². The van der Waals surface area contributed by atoms with Crippen LogP contribution in [-0.2, 0) is 55.7 Å². The SMILES string of the molecule is C.CC(C)(C)C.COC(=O)CC(O)(CC(C)(C)O)C(=O)O.COC(=O)CC(O)(CC(C)(C)O)C(=O)OC1C(OC)=C[C@]23CCCN2CCc2cc4c(cc2[C@H]13)OCO4.COC1=C[C@]23CCCN2CCc2cc4c(cc2[C@@H]3C1O)OCO4. The van der Waals surface area contributed by atoms with Crippen molar-refractivity contribution < 1.29 is 92.4 Å². The lowest BCUT2D eigenvalue weighted by molar-refractivity contribution is -0.183. The Bertz CT molecular complexity index is 2680. The fraction of sp³-hybridized carbons (Fsp3) is 0.667. The van der Waals surface area contributed by atoms with Crippen molar-refractivity contribution in [3.05, 3.63) is 70.2 Å². The number of carbonyl (C=O) groups is 4. The van der Waals surface area contributed by atoms with Gasteiger partial charge in [-0.1, -0.05) is 35.1 Å². The van der Waals surface area contributed by atoms with E-state index in [0.29, 0.717) is 28.4 Å². The van der Waals surface area contributed by atoms with Gasteiger partial charge in [-0.3, -0.25) is 19.4 Å². The first-order valence-electron chi connectivity index (χ1n) is 27.4. The number of benzene rings is 2. The van der Waals surface area contributed by atoms with Crippen molar-refractivity contribution in [2.45, 2.75) is 185 Å². The van der Waals surface area contributed by atoms with Gasteiger partial charge >= 0.3 is 23.9 Å². The Morgan fingerprint density at radius 1 is 0.605 bits per heavy atom. The highest BCUT2D eigenvalue weighted by Crippen LogP contribution is 2.57. The molecule has 0 radical (unpaired) electrons. The molecule has 6 aliphatic heterocycles. The molecule has 0 aromatic heterocycles. The monoisotopic (exact) mass is 1140 g/mol. The lowest BCUT2D eigenvalue weighted by Crippen LogP contribution is -2.51. The van der Waals surface area contributed by atoms with Crippen molar-refractivity contribution in [1.29, 1.82) is 0 Å². The Morgan fingerprint density at radius 3 is 1.42 bits per heavy atom. The molecule has 81 heavy (non-hydrogen) atoms. The number of fused-ring (bicyclic) bond motifs is 6. The maximum Gasteiger partial charge on any atom is 0.339 e. The smallest absolute Gasteiger partial charge is 0.339 e. The molecule has 10 rings (SSSR count). The number of methoxy groups -OCH3 is 4. The summed E-state index contributed by atoms with van der Waals surface area (Å²) in [6, 6.07) is 8.16. The van der Waals surface area contributed by atoms with Crippen LogP contribution in [0.2, 0.25) is 0 Å². The second-order valence-electron chi connectivity index (χ2n) is 25.1. The molecule has 2 aliphatic carbocycles. The highest BCUT2D eigenvalue weighted by molar-refractivity contribution is 5.86. The van der Waals surface area contributed by atoms with Crippen molar-refractivity contribution in [3.8, 4) is 23.0 Å². The molecule has 6 heterocycles. The molecular formula is C60H88N2O19. The number of aliphatic hydroxyl groups excluding tert-OH is 1. The van der Waals surface area contributed by atoms with Crippen LogP contribution in [0.25, 0.3) is 0 Å². The van der Waals surface area contributed by atoms with E-state index in [1.165, 1.54) is 53.0 Å². The molecule has 2 aromatic carbocycles. The molecule has 8 atom stereocenters. The van der Waals surface area contributed by atoms with Crippen LogP contribution in [-0.4, -0.2) is 178 Å². The van der Waals surface area contributed by atoms with Crippen molar-refractivity contribution in [2.24, 2.45) is 5.41 Å². The minimum Gasteiger partial charge on any atom is -0.499 e. The molecule has 452 valence electrons. The van der Waals surface area contributed by atoms with Gasteiger partial charge in [-0.15, -0.1) is 0 Å². The number of carboxylic acid groups (broad SMARTS) is 1. The van der Waals surface area contributed by atoms with Crippen molar-refractivity contribution in [2.75, 3.05) is 68.2 Å². The molecule has 0 saturated carbocycles. The first kappa shape index (κ1) is 64.5. The minimum absolute atomic E-state index is 0. The number of rotatable bonds is 13. The molecule has 2 fully saturated rings. The van der Waals surface area contributed by atoms with Gasteiger partial charge < -0.3 is 73.3 Å². The van der Waals surface area contributed by atoms with Crippen LogP contribution in [0.3, 0.4) is 0 Å². The second-order valence-corrected chi connectivity index (χ2v) is 25.1. The zero-order chi connectivity index (χ0) is 59.0. The van der Waals surface area contributed by atoms with Gasteiger partial charge in [0.15, 0.2) is 40.3 Å². The number of hydrogen-bond donors (Lipinski definition) is 6. The Kier molecular flexibility index (Phi) is 19.6. The summed E-state index contributed by atoms with van der Waals surface area (Å²) in [5, 5.41) is 60.6. The average Bonchev–Trinajstić information content (AvgIpc) is 3.51. The van der Waals surface area contributed by atoms with Crippen LogP contribution in [0.4, 0.5) is 0 Å². The molecule has 4 unspecified atom stereocenters. The standard InChI is InChI=1S/C27H35NO9.C18H21NO4.C9H16O6.C5H12.CH4/c1-25(2,31)14-27(32,13-21(29)34-4)24(30)37-23-20(33-3)12-26-7-5-8-28(26)9-6-16-10-18-19(36-15-35-18)11-17(16)22(23)26;1-21-15-9-18-4-2-5-19(18)6-3-11-7-13-14(23-10-22-13)8-12(11)16(18)17(15)20;1-8(2,13)5-9(14,7(11)12)4-6(10)15-3;1-5(2,3)4;/h10-12,22-23,31-32H,5-9,13-15H2,1-4H3;7-9,16-17,20H,2-6,10H2,1H3;13-14H,4-5H2,1-3H3,(H,11,12);1-4H3;1H4/t22-,23?,26+,27?;16-,17?,18+;;;/m11.../s1. The third-order valence-corrected chi connectivity index (χ3v) is 15.7. The second kappa shape index (κ2) is 24.6. The lowest BCUT2D eigenvalue weighted by Gasteiger charge is -2.40. The van der Waals surface area contributed by atoms with E-state index >= 15 is 0 Å². The fourth-order valence-corrected chi connectivity index (χ4v) is 12.8. The summed E-state index contributed by atoms with van der Waals surface area (Å²) < 4.78 is 48.7. The Balaban J connectivity index is 0.000000204. The summed E-state index contributed by atoms with van der Waals surface area (Å²) in [4.78, 5) is 52.4. The van der Waals surface area contributed by atoms with E-state index in [1.807, 2.05) is 12.1 Å². The first-order chi connectivity index (χ1) is 37.3. The Morgan fingerprint density at radius 2 is 1.00 bits per heavy atom. The summed E-state index contributed by atoms with van der Waals surface area (Å²) in [6.07, 6.45) is 6.40. The van der Waals surface area contributed by atoms with Crippen molar-refractivity contribution in [1.82, 2.24) is 9.80 Å². The van der Waals surface area contributed by atoms with Crippen molar-refractivity contribution >= 4 is 23.9 Å². The third-order valence-electron chi connectivity index (χ3n) is 15.7. The number of carbonyl (C=O) groups excluding carboxylic acids is 3. The van der Waals surface area contributed by atoms with Gasteiger partial charge in [0.25, 0.3) is 0 Å². The molecular weight excluding hydrogens is 1050 g/mol. The van der Waals surface area contributed by atoms with Crippen molar-refractivity contribution in [3.63, 3.8) is 0 Å². The van der Waals surface area contributed by atoms with Crippen LogP contribution in [0, 0.1) is 5.41 Å². The topological polar surface area (TPSA) is 279 Å². The van der Waals surface area contributed by atoms with E-state index in [1.54, 1.807) is 7.11 Å². The molecule has 0 amide bonds. The van der Waals surface area contributed by atoms with Gasteiger partial charge in [-0.25, -0.2) is 9.59 Å². The summed E-state index contributed by atoms with van der Waals surface area (Å²) in [7, 11) is 5.45. The molecule has 21 nitrogen and oxygen atoms in total. The molecule has 2 spiro atoms. The van der Waals surface area contributed by atoms with Gasteiger partial charge in [-0.2, -0.15) is 0 Å². The predicted molar refractivity (Wildman–Crippen MR) is 296 cm³/mol. The van der Waals surface area contributed by atoms with Crippen LogP contribution < -0.4 is 18.9 Å². The van der Waals surface area contributed by atoms with Gasteiger partial charge in [-0.05, 0) is 143 Å². The number of esters is 3. The minimum atomic E-state index is -2.30. The zero-order valence-corrected chi connectivity index (χ0v) is 48.5. The molecule has 8 aliphatic rings. The average molecular weight is 1140 g/mol. The van der Waals surface area contributed by atoms with E-state index in [-0.39, 0.29) is 38.4 Å². The van der Waals surface area contributed by atoms with Crippen LogP contribution in [0.1, 0.15) is 148 Å². The highest BCUT2D eigenvalue weighted by atomic mass is 16.7. The van der Waals surface area contributed by atoms with Gasteiger partial charge in [0.1, 0.15) is 17.6 Å². The maximum atomic E-state index is 13.6. The summed E-state index contributed by atoms with van der Waals surface area (Å²) in [6.45, 7) is 18.6. The fourth-order valence-electron chi connectivity index (χ4n) is 12.8. The number of aliphatic carboxylic acids is 1. The lowest BCUT2D eigenvalue weighted by atomic mass is 9.77. The predicted octanol–water partition coefficient (Wildman–Crippen LogP) is 5.81. The number of hydrogen-bond acceptors (Lipinski definition) is 20. The third kappa shape index (κ3) is 14.1. The summed E-state index contributed by atoms with van der Waals surface area (Å²) in [5.74, 6) is -0.386. The van der Waals surface area contributed by atoms with E-state index in [2.05, 4.69) is 66.5 Å². The van der Waals surface area contributed by atoms with E-state index in [4.69, 9.17) is 43.0 Å². The Hall–Kier alpha value is -5.68. The summed E-state index contributed by atoms with van der Waals surface area (Å²) >= 11 is 0. The molecule has 21 heteroatoms. The van der Waals surface area contributed by atoms with Gasteiger partial charge in [0.2, 0.25) is 13.6 Å². The normalized spacial score (nSPS) is 26.1. The van der Waals surface area contributed by atoms with Gasteiger partial charge in [0, 0.05) is 31.8 Å². The number of ether oxygens (including phenoxy) is 9. The summed E-state index contributed by atoms with van der Waals surface area (Å²) in [5.41, 5.74) is -2.98. The highest BCUT2D eigenvalue weighted by Gasteiger charge is 2.60. The molecule has 0 bridgehead atoms. The van der Waals surface area contributed by atoms with E-state index in [9.17, 15) is 44.7 Å². The number of carboxylic acids is 1. The molecule has 2 aromatic rings. The van der Waals surface area contributed by atoms with Crippen LogP contribution in [0.15, 0.2) is 47.9 Å². The van der Waals surface area contributed by atoms with Gasteiger partial charge in [0.05, 0.1) is 69.5 Å². The largest absolute Gasteiger partial charge is 0.499 e. The molecule has 6 N–H and O–H groups in total. The number of aliphatic hydroxyl groups is 5. The first-order valence-corrected chi connectivity index (χ1v) is 27.4. The number of nitrogens with zero attached hydrogens (tertiary/aromatic N) is 2. The van der Waals surface area contributed by atoms with E-state index in [0.717, 1.165) is 94.4 Å². The van der Waals surface area contributed by atoms with E-state index < -0.39 is 89.7 Å². The van der Waals surface area contributed by atoms with Crippen LogP contribution in [0.5, 0.6) is 23.0 Å².